The van der Waals surface area contributed by atoms with Gasteiger partial charge >= 0.3 is 0 Å². The van der Waals surface area contributed by atoms with Crippen molar-refractivity contribution >= 4 is 5.91 Å². The smallest absolute Gasteiger partial charge is 0.261 e. The molecule has 1 aromatic carbocycles. The van der Waals surface area contributed by atoms with E-state index >= 15 is 0 Å². The molecule has 2 atom stereocenters. The van der Waals surface area contributed by atoms with E-state index in [9.17, 15) is 4.79 Å². The lowest BCUT2D eigenvalue weighted by molar-refractivity contribution is -0.127. The third kappa shape index (κ3) is 3.01. The second kappa shape index (κ2) is 5.87. The predicted octanol–water partition coefficient (Wildman–Crippen LogP) is 1.75. The van der Waals surface area contributed by atoms with Crippen molar-refractivity contribution in [2.24, 2.45) is 5.73 Å². The predicted molar refractivity (Wildman–Crippen MR) is 70.3 cm³/mol. The minimum Gasteiger partial charge on any atom is -0.480 e. The number of hydrogen-bond donors (Lipinski definition) is 2. The Labute approximate surface area is 108 Å². The summed E-state index contributed by atoms with van der Waals surface area (Å²) in [6.07, 6.45) is 2.39. The molecule has 4 nitrogen and oxygen atoms in total. The van der Waals surface area contributed by atoms with Gasteiger partial charge in [-0.25, -0.2) is 0 Å². The average molecular weight is 248 g/mol. The van der Waals surface area contributed by atoms with Gasteiger partial charge in [-0.3, -0.25) is 4.79 Å². The summed E-state index contributed by atoms with van der Waals surface area (Å²) in [7, 11) is 0. The van der Waals surface area contributed by atoms with Crippen LogP contribution in [0.3, 0.4) is 0 Å². The van der Waals surface area contributed by atoms with E-state index in [0.29, 0.717) is 0 Å². The zero-order valence-corrected chi connectivity index (χ0v) is 10.7. The zero-order valence-electron chi connectivity index (χ0n) is 10.7. The van der Waals surface area contributed by atoms with Crippen molar-refractivity contribution < 1.29 is 9.53 Å². The number of ether oxygens (including phenoxy) is 1. The first-order valence-corrected chi connectivity index (χ1v) is 6.47. The van der Waals surface area contributed by atoms with Crippen molar-refractivity contribution in [1.82, 2.24) is 5.32 Å². The lowest BCUT2D eigenvalue weighted by atomic mass is 10.1. The van der Waals surface area contributed by atoms with Crippen LogP contribution in [-0.4, -0.2) is 18.6 Å². The molecule has 1 saturated heterocycles. The molecule has 3 N–H and O–H groups in total. The Kier molecular flexibility index (Phi) is 4.20. The number of carbonyl (C=O) groups excluding carboxylic acids is 1. The van der Waals surface area contributed by atoms with Gasteiger partial charge in [-0.2, -0.15) is 0 Å². The van der Waals surface area contributed by atoms with Crippen molar-refractivity contribution in [3.63, 3.8) is 0 Å². The monoisotopic (exact) mass is 248 g/mol. The fraction of sp³-hybridized carbons (Fsp3) is 0.500. The number of para-hydroxylation sites is 1. The van der Waals surface area contributed by atoms with Crippen LogP contribution in [0.2, 0.25) is 0 Å². The third-order valence-corrected chi connectivity index (χ3v) is 3.16. The van der Waals surface area contributed by atoms with E-state index in [1.165, 1.54) is 0 Å². The number of nitrogens with two attached hydrogens (primary N) is 1. The molecule has 1 aliphatic rings. The Morgan fingerprint density at radius 1 is 1.39 bits per heavy atom. The summed E-state index contributed by atoms with van der Waals surface area (Å²) in [5.74, 6) is 0.696. The molecule has 1 aliphatic heterocycles. The first kappa shape index (κ1) is 12.9. The summed E-state index contributed by atoms with van der Waals surface area (Å²) in [5, 5.41) is 2.87. The molecule has 18 heavy (non-hydrogen) atoms. The Bertz CT molecular complexity index is 418. The van der Waals surface area contributed by atoms with Gasteiger partial charge in [0, 0.05) is 18.2 Å². The Hall–Kier alpha value is -1.55. The fourth-order valence-electron chi connectivity index (χ4n) is 2.14. The van der Waals surface area contributed by atoms with E-state index in [1.807, 2.05) is 31.2 Å². The minimum absolute atomic E-state index is 0.0213. The first-order chi connectivity index (χ1) is 8.68. The highest BCUT2D eigenvalue weighted by atomic mass is 16.5. The summed E-state index contributed by atoms with van der Waals surface area (Å²) in [4.78, 5) is 11.8. The summed E-state index contributed by atoms with van der Waals surface area (Å²) >= 11 is 0. The summed E-state index contributed by atoms with van der Waals surface area (Å²) in [6.45, 7) is 2.66. The molecule has 0 radical (unpaired) electrons. The van der Waals surface area contributed by atoms with Crippen LogP contribution in [0.4, 0.5) is 0 Å². The molecule has 1 aromatic rings. The molecule has 2 unspecified atom stereocenters. The lowest BCUT2D eigenvalue weighted by Crippen LogP contribution is -2.36. The molecule has 0 aliphatic carbocycles. The van der Waals surface area contributed by atoms with Gasteiger partial charge in [0.2, 0.25) is 0 Å². The van der Waals surface area contributed by atoms with Crippen molar-refractivity contribution in [2.75, 3.05) is 6.54 Å². The molecule has 98 valence electrons. The van der Waals surface area contributed by atoms with Crippen molar-refractivity contribution in [2.45, 2.75) is 38.3 Å². The Balaban J connectivity index is 2.15. The molecular weight excluding hydrogens is 228 g/mol. The van der Waals surface area contributed by atoms with E-state index in [0.717, 1.165) is 37.1 Å². The van der Waals surface area contributed by atoms with Gasteiger partial charge in [-0.15, -0.1) is 0 Å². The second-order valence-corrected chi connectivity index (χ2v) is 4.72. The third-order valence-electron chi connectivity index (χ3n) is 3.16. The molecular formula is C14H20N2O2. The van der Waals surface area contributed by atoms with Gasteiger partial charge in [0.1, 0.15) is 5.75 Å². The second-order valence-electron chi connectivity index (χ2n) is 4.72. The highest BCUT2D eigenvalue weighted by Crippen LogP contribution is 2.25. The number of benzene rings is 1. The maximum absolute atomic E-state index is 11.8. The topological polar surface area (TPSA) is 64.3 Å². The van der Waals surface area contributed by atoms with Gasteiger partial charge in [0.25, 0.3) is 5.91 Å². The van der Waals surface area contributed by atoms with E-state index in [4.69, 9.17) is 10.5 Å². The van der Waals surface area contributed by atoms with E-state index in [-0.39, 0.29) is 11.9 Å². The zero-order chi connectivity index (χ0) is 13.0. The maximum atomic E-state index is 11.8. The lowest BCUT2D eigenvalue weighted by Gasteiger charge is -2.19. The van der Waals surface area contributed by atoms with Crippen LogP contribution >= 0.6 is 0 Å². The maximum Gasteiger partial charge on any atom is 0.261 e. The minimum atomic E-state index is -0.396. The molecule has 0 spiro atoms. The average Bonchev–Trinajstić information content (AvgIpc) is 2.55. The number of carbonyl (C=O) groups is 1. The van der Waals surface area contributed by atoms with E-state index in [2.05, 4.69) is 5.32 Å². The fourth-order valence-corrected chi connectivity index (χ4v) is 2.14. The summed E-state index contributed by atoms with van der Waals surface area (Å²) in [5.41, 5.74) is 6.84. The molecule has 1 amide bonds. The summed E-state index contributed by atoms with van der Waals surface area (Å²) < 4.78 is 5.85. The van der Waals surface area contributed by atoms with E-state index < -0.39 is 6.10 Å². The van der Waals surface area contributed by atoms with Gasteiger partial charge in [-0.1, -0.05) is 18.2 Å². The molecule has 1 heterocycles. The molecule has 1 fully saturated rings. The van der Waals surface area contributed by atoms with Crippen LogP contribution in [0.15, 0.2) is 24.3 Å². The standard InChI is InChI=1S/C14H20N2O2/c1-10(15)11-6-2-3-7-12(11)18-13-8-4-5-9-16-14(13)17/h2-3,6-7,10,13H,4-5,8-9,15H2,1H3,(H,16,17). The van der Waals surface area contributed by atoms with Crippen molar-refractivity contribution in [1.29, 1.82) is 0 Å². The van der Waals surface area contributed by atoms with Gasteiger partial charge in [-0.05, 0) is 32.3 Å². The first-order valence-electron chi connectivity index (χ1n) is 6.47. The molecule has 0 bridgehead atoms. The van der Waals surface area contributed by atoms with Gasteiger partial charge < -0.3 is 15.8 Å². The Morgan fingerprint density at radius 3 is 2.94 bits per heavy atom. The normalized spacial score (nSPS) is 21.9. The number of nitrogens with one attached hydrogen (secondary N) is 1. The highest BCUT2D eigenvalue weighted by molar-refractivity contribution is 5.81. The molecule has 4 heteroatoms. The van der Waals surface area contributed by atoms with Gasteiger partial charge in [0.15, 0.2) is 6.10 Å². The van der Waals surface area contributed by atoms with Crippen LogP contribution in [0, 0.1) is 0 Å². The summed E-state index contributed by atoms with van der Waals surface area (Å²) in [6, 6.07) is 7.54. The van der Waals surface area contributed by atoms with Crippen LogP contribution < -0.4 is 15.8 Å². The van der Waals surface area contributed by atoms with Crippen LogP contribution in [-0.2, 0) is 4.79 Å². The number of rotatable bonds is 3. The quantitative estimate of drug-likeness (QED) is 0.856. The largest absolute Gasteiger partial charge is 0.480 e. The molecule has 0 saturated carbocycles. The molecule has 2 rings (SSSR count). The van der Waals surface area contributed by atoms with Crippen LogP contribution in [0.25, 0.3) is 0 Å². The van der Waals surface area contributed by atoms with E-state index in [1.54, 1.807) is 0 Å². The molecule has 0 aromatic heterocycles. The number of hydrogen-bond acceptors (Lipinski definition) is 3. The number of amides is 1. The van der Waals surface area contributed by atoms with Crippen LogP contribution in [0.1, 0.15) is 37.8 Å². The van der Waals surface area contributed by atoms with Crippen molar-refractivity contribution in [3.05, 3.63) is 29.8 Å². The SMILES string of the molecule is CC(N)c1ccccc1OC1CCCCNC1=O. The highest BCUT2D eigenvalue weighted by Gasteiger charge is 2.23. The van der Waals surface area contributed by atoms with Gasteiger partial charge in [0.05, 0.1) is 0 Å². The Morgan fingerprint density at radius 2 is 2.17 bits per heavy atom. The van der Waals surface area contributed by atoms with Crippen molar-refractivity contribution in [3.8, 4) is 5.75 Å². The van der Waals surface area contributed by atoms with Crippen LogP contribution in [0.5, 0.6) is 5.75 Å².